The van der Waals surface area contributed by atoms with Crippen molar-refractivity contribution in [1.82, 2.24) is 10.7 Å². The summed E-state index contributed by atoms with van der Waals surface area (Å²) < 4.78 is 0. The zero-order valence-electron chi connectivity index (χ0n) is 22.0. The molecule has 1 aliphatic rings. The van der Waals surface area contributed by atoms with Gasteiger partial charge in [0.15, 0.2) is 10.9 Å². The molecule has 0 atom stereocenters. The van der Waals surface area contributed by atoms with Gasteiger partial charge < -0.3 is 16.0 Å². The van der Waals surface area contributed by atoms with Crippen LogP contribution >= 0.6 is 23.8 Å². The Morgan fingerprint density at radius 3 is 2.20 bits per heavy atom. The van der Waals surface area contributed by atoms with Gasteiger partial charge in [-0.15, -0.1) is 0 Å². The number of thiocarbonyl (C=S) groups is 1. The van der Waals surface area contributed by atoms with E-state index in [-0.39, 0.29) is 29.2 Å². The monoisotopic (exact) mass is 577 g/mol. The molecule has 6 N–H and O–H groups in total. The Labute approximate surface area is 244 Å². The number of aryl methyl sites for hydroxylation is 1. The maximum atomic E-state index is 13.0. The lowest BCUT2D eigenvalue weighted by molar-refractivity contribution is -0.116. The number of nitrogen functional groups attached to an aromatic ring is 1. The molecule has 0 heterocycles. The summed E-state index contributed by atoms with van der Waals surface area (Å²) in [5, 5.41) is 10.5. The van der Waals surface area contributed by atoms with Gasteiger partial charge in [0.05, 0.1) is 5.56 Å². The molecule has 1 saturated carbocycles. The number of carbonyl (C=O) groups excluding carboxylic acids is 3. The Morgan fingerprint density at radius 1 is 0.850 bits per heavy atom. The predicted molar refractivity (Wildman–Crippen MR) is 163 cm³/mol. The lowest BCUT2D eigenvalue weighted by atomic mass is 9.96. The van der Waals surface area contributed by atoms with E-state index in [4.69, 9.17) is 29.7 Å². The fourth-order valence-electron chi connectivity index (χ4n) is 4.68. The Morgan fingerprint density at radius 2 is 1.52 bits per heavy atom. The van der Waals surface area contributed by atoms with Crippen LogP contribution in [0.5, 0.6) is 0 Å². The molecule has 0 spiro atoms. The zero-order valence-corrected chi connectivity index (χ0v) is 23.5. The van der Waals surface area contributed by atoms with Gasteiger partial charge in [0.1, 0.15) is 0 Å². The van der Waals surface area contributed by atoms with Crippen LogP contribution in [0.2, 0.25) is 5.02 Å². The van der Waals surface area contributed by atoms with Gasteiger partial charge in [0, 0.05) is 40.0 Å². The maximum Gasteiger partial charge on any atom is 0.266 e. The molecule has 3 aromatic carbocycles. The summed E-state index contributed by atoms with van der Waals surface area (Å²) in [4.78, 5) is 38.1. The summed E-state index contributed by atoms with van der Waals surface area (Å²) in [5.74, 6) is 4.11. The van der Waals surface area contributed by atoms with Gasteiger partial charge in [-0.1, -0.05) is 43.0 Å². The smallest absolute Gasteiger partial charge is 0.266 e. The standard InChI is InChI=1S/C30H32ClN5O3S/c31-21-11-9-20(10-12-21)28(38)25-16-15-24(18-26(25)29(39)36-32)33-27(37)17-8-19-6-13-23(14-7-19)35-30(40)34-22-4-2-1-3-5-22/h6-7,9-16,18,22H,1-5,8,17,32H2,(H,33,37)(H,36,39)(H2,34,35,40). The lowest BCUT2D eigenvalue weighted by Gasteiger charge is -2.24. The highest BCUT2D eigenvalue weighted by molar-refractivity contribution is 7.80. The summed E-state index contributed by atoms with van der Waals surface area (Å²) in [7, 11) is 0. The molecule has 0 aliphatic heterocycles. The van der Waals surface area contributed by atoms with Crippen molar-refractivity contribution >= 4 is 57.9 Å². The van der Waals surface area contributed by atoms with Crippen molar-refractivity contribution in [3.05, 3.63) is 94.0 Å². The molecule has 208 valence electrons. The van der Waals surface area contributed by atoms with Crippen LogP contribution < -0.4 is 27.2 Å². The molecule has 0 radical (unpaired) electrons. The number of hydrazine groups is 1. The lowest BCUT2D eigenvalue weighted by Crippen LogP contribution is -2.38. The summed E-state index contributed by atoms with van der Waals surface area (Å²) in [6, 6.07) is 19.1. The average molecular weight is 578 g/mol. The van der Waals surface area contributed by atoms with E-state index in [0.29, 0.717) is 33.8 Å². The molecule has 4 rings (SSSR count). The molecule has 0 saturated heterocycles. The highest BCUT2D eigenvalue weighted by atomic mass is 35.5. The number of ketones is 1. The first kappa shape index (κ1) is 29.2. The number of benzene rings is 3. The zero-order chi connectivity index (χ0) is 28.5. The minimum atomic E-state index is -0.643. The van der Waals surface area contributed by atoms with E-state index in [9.17, 15) is 14.4 Å². The van der Waals surface area contributed by atoms with Crippen molar-refractivity contribution in [3.8, 4) is 0 Å². The van der Waals surface area contributed by atoms with Crippen LogP contribution in [0.15, 0.2) is 66.7 Å². The number of nitrogens with two attached hydrogens (primary N) is 1. The quantitative estimate of drug-likeness (QED) is 0.0761. The molecule has 1 fully saturated rings. The maximum absolute atomic E-state index is 13.0. The van der Waals surface area contributed by atoms with Crippen LogP contribution in [-0.4, -0.2) is 28.8 Å². The third-order valence-corrected chi connectivity index (χ3v) is 7.29. The van der Waals surface area contributed by atoms with Crippen LogP contribution in [0.1, 0.15) is 70.4 Å². The Balaban J connectivity index is 1.32. The number of nitrogens with one attached hydrogen (secondary N) is 4. The van der Waals surface area contributed by atoms with Crippen molar-refractivity contribution < 1.29 is 14.4 Å². The largest absolute Gasteiger partial charge is 0.360 e. The second-order valence-electron chi connectivity index (χ2n) is 9.75. The molecular weight excluding hydrogens is 546 g/mol. The normalized spacial score (nSPS) is 13.2. The highest BCUT2D eigenvalue weighted by Crippen LogP contribution is 2.22. The second kappa shape index (κ2) is 14.0. The van der Waals surface area contributed by atoms with Crippen molar-refractivity contribution in [2.45, 2.75) is 51.0 Å². The Hall–Kier alpha value is -3.79. The van der Waals surface area contributed by atoms with Gasteiger partial charge in [-0.2, -0.15) is 0 Å². The van der Waals surface area contributed by atoms with Crippen molar-refractivity contribution in [2.24, 2.45) is 5.84 Å². The third-order valence-electron chi connectivity index (χ3n) is 6.82. The minimum Gasteiger partial charge on any atom is -0.360 e. The van der Waals surface area contributed by atoms with Crippen molar-refractivity contribution in [1.29, 1.82) is 0 Å². The average Bonchev–Trinajstić information content (AvgIpc) is 2.97. The van der Waals surface area contributed by atoms with E-state index in [2.05, 4.69) is 21.4 Å². The summed E-state index contributed by atoms with van der Waals surface area (Å²) in [5.41, 5.74) is 4.91. The number of carbonyl (C=O) groups is 3. The molecule has 0 unspecified atom stereocenters. The fourth-order valence-corrected chi connectivity index (χ4v) is 5.09. The summed E-state index contributed by atoms with van der Waals surface area (Å²) >= 11 is 11.4. The molecule has 1 aliphatic carbocycles. The van der Waals surface area contributed by atoms with Gasteiger partial charge in [-0.05, 0) is 91.6 Å². The topological polar surface area (TPSA) is 125 Å². The SMILES string of the molecule is NNC(=O)c1cc(NC(=O)CCc2ccc(NC(=S)NC3CCCCC3)cc2)ccc1C(=O)c1ccc(Cl)cc1. The molecule has 40 heavy (non-hydrogen) atoms. The van der Waals surface area contributed by atoms with E-state index in [1.807, 2.05) is 24.3 Å². The van der Waals surface area contributed by atoms with E-state index >= 15 is 0 Å². The van der Waals surface area contributed by atoms with Gasteiger partial charge in [0.2, 0.25) is 5.91 Å². The Bertz CT molecular complexity index is 1370. The molecular formula is C30H32ClN5O3S. The number of rotatable bonds is 9. The Kier molecular flexibility index (Phi) is 10.2. The first-order valence-corrected chi connectivity index (χ1v) is 14.0. The molecule has 0 aromatic heterocycles. The number of anilines is 2. The summed E-state index contributed by atoms with van der Waals surface area (Å²) in [6.45, 7) is 0. The molecule has 10 heteroatoms. The van der Waals surface area contributed by atoms with Crippen LogP contribution in [0.3, 0.4) is 0 Å². The van der Waals surface area contributed by atoms with Crippen LogP contribution in [-0.2, 0) is 11.2 Å². The fraction of sp³-hybridized carbons (Fsp3) is 0.267. The number of halogens is 1. The number of hydrogen-bond acceptors (Lipinski definition) is 5. The van der Waals surface area contributed by atoms with Gasteiger partial charge in [0.25, 0.3) is 5.91 Å². The van der Waals surface area contributed by atoms with E-state index < -0.39 is 5.91 Å². The van der Waals surface area contributed by atoms with Gasteiger partial charge in [-0.3, -0.25) is 19.8 Å². The van der Waals surface area contributed by atoms with Crippen molar-refractivity contribution in [3.63, 3.8) is 0 Å². The van der Waals surface area contributed by atoms with Crippen LogP contribution in [0.25, 0.3) is 0 Å². The predicted octanol–water partition coefficient (Wildman–Crippen LogP) is 5.36. The third kappa shape index (κ3) is 8.11. The molecule has 8 nitrogen and oxygen atoms in total. The van der Waals surface area contributed by atoms with E-state index in [0.717, 1.165) is 24.1 Å². The van der Waals surface area contributed by atoms with Gasteiger partial charge >= 0.3 is 0 Å². The molecule has 3 aromatic rings. The minimum absolute atomic E-state index is 0.0548. The van der Waals surface area contributed by atoms with E-state index in [1.54, 1.807) is 30.3 Å². The van der Waals surface area contributed by atoms with Crippen LogP contribution in [0, 0.1) is 0 Å². The highest BCUT2D eigenvalue weighted by Gasteiger charge is 2.19. The number of hydrogen-bond donors (Lipinski definition) is 5. The number of amides is 2. The van der Waals surface area contributed by atoms with Gasteiger partial charge in [-0.25, -0.2) is 5.84 Å². The molecule has 0 bridgehead atoms. The van der Waals surface area contributed by atoms with Crippen molar-refractivity contribution in [2.75, 3.05) is 10.6 Å². The first-order valence-electron chi connectivity index (χ1n) is 13.2. The summed E-state index contributed by atoms with van der Waals surface area (Å²) in [6.07, 6.45) is 6.83. The first-order chi connectivity index (χ1) is 19.3. The van der Waals surface area contributed by atoms with E-state index in [1.165, 1.54) is 31.4 Å². The second-order valence-corrected chi connectivity index (χ2v) is 10.6. The molecule has 2 amide bonds. The van der Waals surface area contributed by atoms with Crippen LogP contribution in [0.4, 0.5) is 11.4 Å².